The summed E-state index contributed by atoms with van der Waals surface area (Å²) in [5.74, 6) is 0.214. The van der Waals surface area contributed by atoms with E-state index >= 15 is 0 Å². The van der Waals surface area contributed by atoms with Crippen LogP contribution in [0, 0.1) is 20.8 Å². The number of hydrogen-bond donors (Lipinski definition) is 2. The molecule has 1 aromatic heterocycles. The lowest BCUT2D eigenvalue weighted by Crippen LogP contribution is -2.36. The standard InChI is InChI=1S/C18H22N4O3S/c1-11-6-12(2)17(13(3)7-11)22-16-8-15(19-10-20-16)18(23)21-14-4-5-26(24,25)9-14/h6-8,10,14H,4-5,9H2,1-3H3,(H,21,23)(H,19,20,22). The Hall–Kier alpha value is -2.48. The van der Waals surface area contributed by atoms with Crippen LogP contribution in [0.1, 0.15) is 33.6 Å². The normalized spacial score (nSPS) is 18.5. The van der Waals surface area contributed by atoms with Gasteiger partial charge in [-0.15, -0.1) is 0 Å². The minimum Gasteiger partial charge on any atom is -0.347 e. The van der Waals surface area contributed by atoms with Crippen molar-refractivity contribution in [3.05, 3.63) is 46.9 Å². The van der Waals surface area contributed by atoms with Crippen molar-refractivity contribution in [1.29, 1.82) is 0 Å². The number of amides is 1. The summed E-state index contributed by atoms with van der Waals surface area (Å²) >= 11 is 0. The summed E-state index contributed by atoms with van der Waals surface area (Å²) in [6.07, 6.45) is 1.76. The van der Waals surface area contributed by atoms with E-state index in [-0.39, 0.29) is 23.2 Å². The van der Waals surface area contributed by atoms with Crippen LogP contribution in [-0.2, 0) is 9.84 Å². The van der Waals surface area contributed by atoms with Crippen LogP contribution in [0.5, 0.6) is 0 Å². The third-order valence-electron chi connectivity index (χ3n) is 4.40. The van der Waals surface area contributed by atoms with E-state index in [2.05, 4.69) is 32.7 Å². The fraction of sp³-hybridized carbons (Fsp3) is 0.389. The zero-order chi connectivity index (χ0) is 18.9. The van der Waals surface area contributed by atoms with Crippen LogP contribution in [0.4, 0.5) is 11.5 Å². The van der Waals surface area contributed by atoms with Gasteiger partial charge in [0.1, 0.15) is 17.8 Å². The first-order valence-corrected chi connectivity index (χ1v) is 10.2. The second-order valence-electron chi connectivity index (χ2n) is 6.76. The number of nitrogens with one attached hydrogen (secondary N) is 2. The Kier molecular flexibility index (Phi) is 4.95. The highest BCUT2D eigenvalue weighted by molar-refractivity contribution is 7.91. The molecule has 2 heterocycles. The van der Waals surface area contributed by atoms with Crippen LogP contribution in [0.3, 0.4) is 0 Å². The second kappa shape index (κ2) is 7.03. The molecule has 0 spiro atoms. The number of rotatable bonds is 4. The van der Waals surface area contributed by atoms with Crippen molar-refractivity contribution in [3.8, 4) is 0 Å². The molecule has 8 heteroatoms. The highest BCUT2D eigenvalue weighted by Gasteiger charge is 2.29. The molecule has 1 saturated heterocycles. The van der Waals surface area contributed by atoms with Gasteiger partial charge < -0.3 is 10.6 Å². The van der Waals surface area contributed by atoms with Crippen molar-refractivity contribution in [2.24, 2.45) is 0 Å². The van der Waals surface area contributed by atoms with Gasteiger partial charge in [-0.25, -0.2) is 18.4 Å². The molecule has 2 N–H and O–H groups in total. The van der Waals surface area contributed by atoms with Crippen LogP contribution >= 0.6 is 0 Å². The fourth-order valence-electron chi connectivity index (χ4n) is 3.22. The van der Waals surface area contributed by atoms with Gasteiger partial charge in [0.2, 0.25) is 0 Å². The zero-order valence-corrected chi connectivity index (χ0v) is 15.9. The van der Waals surface area contributed by atoms with E-state index in [0.29, 0.717) is 12.2 Å². The van der Waals surface area contributed by atoms with Gasteiger partial charge in [0.05, 0.1) is 11.5 Å². The average Bonchev–Trinajstić information content (AvgIpc) is 2.90. The van der Waals surface area contributed by atoms with Crippen molar-refractivity contribution < 1.29 is 13.2 Å². The predicted molar refractivity (Wildman–Crippen MR) is 100 cm³/mol. The van der Waals surface area contributed by atoms with E-state index in [9.17, 15) is 13.2 Å². The van der Waals surface area contributed by atoms with Gasteiger partial charge in [0, 0.05) is 17.8 Å². The Bertz CT molecular complexity index is 934. The van der Waals surface area contributed by atoms with Gasteiger partial charge in [0.25, 0.3) is 5.91 Å². The van der Waals surface area contributed by atoms with Crippen molar-refractivity contribution in [1.82, 2.24) is 15.3 Å². The molecule has 1 fully saturated rings. The molecule has 1 aliphatic rings. The van der Waals surface area contributed by atoms with Gasteiger partial charge in [-0.05, 0) is 38.3 Å². The van der Waals surface area contributed by atoms with Crippen molar-refractivity contribution in [2.45, 2.75) is 33.2 Å². The number of hydrogen-bond acceptors (Lipinski definition) is 6. The first-order valence-electron chi connectivity index (χ1n) is 8.42. The van der Waals surface area contributed by atoms with Crippen LogP contribution in [0.15, 0.2) is 24.5 Å². The number of nitrogens with zero attached hydrogens (tertiary/aromatic N) is 2. The monoisotopic (exact) mass is 374 g/mol. The van der Waals surface area contributed by atoms with E-state index in [1.807, 2.05) is 20.8 Å². The molecule has 138 valence electrons. The Morgan fingerprint density at radius 2 is 1.81 bits per heavy atom. The Labute approximate surface area is 153 Å². The number of carbonyl (C=O) groups excluding carboxylic acids is 1. The lowest BCUT2D eigenvalue weighted by Gasteiger charge is -2.14. The van der Waals surface area contributed by atoms with E-state index in [1.165, 1.54) is 11.9 Å². The molecule has 1 amide bonds. The van der Waals surface area contributed by atoms with E-state index in [0.717, 1.165) is 16.8 Å². The smallest absolute Gasteiger partial charge is 0.270 e. The largest absolute Gasteiger partial charge is 0.347 e. The number of anilines is 2. The van der Waals surface area contributed by atoms with Crippen molar-refractivity contribution in [3.63, 3.8) is 0 Å². The number of aromatic nitrogens is 2. The summed E-state index contributed by atoms with van der Waals surface area (Å²) in [4.78, 5) is 20.6. The maximum atomic E-state index is 12.4. The maximum Gasteiger partial charge on any atom is 0.270 e. The van der Waals surface area contributed by atoms with E-state index in [4.69, 9.17) is 0 Å². The van der Waals surface area contributed by atoms with E-state index in [1.54, 1.807) is 6.07 Å². The molecule has 26 heavy (non-hydrogen) atoms. The summed E-state index contributed by atoms with van der Waals surface area (Å²) < 4.78 is 23.0. The first kappa shape index (κ1) is 18.3. The van der Waals surface area contributed by atoms with Gasteiger partial charge in [0.15, 0.2) is 9.84 Å². The molecular formula is C18H22N4O3S. The summed E-state index contributed by atoms with van der Waals surface area (Å²) in [7, 11) is -3.05. The van der Waals surface area contributed by atoms with Gasteiger partial charge in [-0.3, -0.25) is 4.79 Å². The van der Waals surface area contributed by atoms with Gasteiger partial charge in [-0.2, -0.15) is 0 Å². The predicted octanol–water partition coefficient (Wildman–Crippen LogP) is 2.06. The Morgan fingerprint density at radius 3 is 2.42 bits per heavy atom. The van der Waals surface area contributed by atoms with Crippen LogP contribution in [-0.4, -0.2) is 41.8 Å². The quantitative estimate of drug-likeness (QED) is 0.849. The van der Waals surface area contributed by atoms with Crippen LogP contribution in [0.2, 0.25) is 0 Å². The summed E-state index contributed by atoms with van der Waals surface area (Å²) in [5.41, 5.74) is 4.50. The third-order valence-corrected chi connectivity index (χ3v) is 6.17. The molecule has 1 aromatic carbocycles. The van der Waals surface area contributed by atoms with E-state index < -0.39 is 15.7 Å². The number of carbonyl (C=O) groups is 1. The lowest BCUT2D eigenvalue weighted by molar-refractivity contribution is 0.0936. The lowest BCUT2D eigenvalue weighted by atomic mass is 10.1. The highest BCUT2D eigenvalue weighted by atomic mass is 32.2. The molecule has 0 bridgehead atoms. The molecular weight excluding hydrogens is 352 g/mol. The maximum absolute atomic E-state index is 12.4. The summed E-state index contributed by atoms with van der Waals surface area (Å²) in [6, 6.07) is 5.35. The highest BCUT2D eigenvalue weighted by Crippen LogP contribution is 2.25. The molecule has 7 nitrogen and oxygen atoms in total. The molecule has 1 aliphatic heterocycles. The SMILES string of the molecule is Cc1cc(C)c(Nc2cc(C(=O)NC3CCS(=O)(=O)C3)ncn2)c(C)c1. The molecule has 2 aromatic rings. The Balaban J connectivity index is 1.75. The topological polar surface area (TPSA) is 101 Å². The van der Waals surface area contributed by atoms with Crippen molar-refractivity contribution in [2.75, 3.05) is 16.8 Å². The molecule has 1 unspecified atom stereocenters. The molecule has 0 radical (unpaired) electrons. The van der Waals surface area contributed by atoms with Crippen LogP contribution in [0.25, 0.3) is 0 Å². The minimum atomic E-state index is -3.05. The van der Waals surface area contributed by atoms with Gasteiger partial charge in [-0.1, -0.05) is 17.7 Å². The van der Waals surface area contributed by atoms with Gasteiger partial charge >= 0.3 is 0 Å². The second-order valence-corrected chi connectivity index (χ2v) is 8.99. The summed E-state index contributed by atoms with van der Waals surface area (Å²) in [5, 5.41) is 5.98. The minimum absolute atomic E-state index is 0.0172. The Morgan fingerprint density at radius 1 is 1.12 bits per heavy atom. The number of aryl methyl sites for hydroxylation is 3. The number of sulfone groups is 1. The van der Waals surface area contributed by atoms with Crippen molar-refractivity contribution >= 4 is 27.2 Å². The zero-order valence-electron chi connectivity index (χ0n) is 15.0. The molecule has 0 aliphatic carbocycles. The first-order chi connectivity index (χ1) is 12.2. The third kappa shape index (κ3) is 4.19. The fourth-order valence-corrected chi connectivity index (χ4v) is 4.90. The molecule has 3 rings (SSSR count). The average molecular weight is 374 g/mol. The number of benzene rings is 1. The molecule has 1 atom stereocenters. The van der Waals surface area contributed by atoms with Crippen LogP contribution < -0.4 is 10.6 Å². The molecule has 0 saturated carbocycles. The summed E-state index contributed by atoms with van der Waals surface area (Å²) in [6.45, 7) is 6.06.